The molecule has 3 rings (SSSR count). The van der Waals surface area contributed by atoms with E-state index >= 15 is 0 Å². The highest BCUT2D eigenvalue weighted by molar-refractivity contribution is 7.22. The Kier molecular flexibility index (Phi) is 3.99. The van der Waals surface area contributed by atoms with Crippen LogP contribution in [-0.2, 0) is 0 Å². The van der Waals surface area contributed by atoms with Gasteiger partial charge in [-0.2, -0.15) is 0 Å². The lowest BCUT2D eigenvalue weighted by molar-refractivity contribution is -0.274. The Balaban J connectivity index is 1.83. The van der Waals surface area contributed by atoms with Crippen molar-refractivity contribution in [1.82, 2.24) is 4.98 Å². The molecule has 0 bridgehead atoms. The predicted molar refractivity (Wildman–Crippen MR) is 82.6 cm³/mol. The van der Waals surface area contributed by atoms with Crippen LogP contribution >= 0.6 is 11.3 Å². The van der Waals surface area contributed by atoms with E-state index in [1.807, 2.05) is 12.1 Å². The number of hydrogen-bond acceptors (Lipinski definition) is 5. The zero-order chi connectivity index (χ0) is 16.4. The maximum Gasteiger partial charge on any atom is 0.573 e. The molecule has 0 saturated carbocycles. The molecule has 23 heavy (non-hydrogen) atoms. The van der Waals surface area contributed by atoms with E-state index in [4.69, 9.17) is 4.74 Å². The van der Waals surface area contributed by atoms with E-state index < -0.39 is 6.36 Å². The van der Waals surface area contributed by atoms with E-state index in [1.165, 1.54) is 29.5 Å². The van der Waals surface area contributed by atoms with Crippen LogP contribution in [0.5, 0.6) is 11.5 Å². The Labute approximate surface area is 133 Å². The molecule has 0 aliphatic rings. The first-order valence-corrected chi connectivity index (χ1v) is 7.32. The number of ether oxygens (including phenoxy) is 2. The SMILES string of the molecule is COc1ccc2nc(Nc3cccc(OC(F)(F)F)c3)sc2c1. The van der Waals surface area contributed by atoms with Gasteiger partial charge in [-0.25, -0.2) is 4.98 Å². The molecule has 0 spiro atoms. The summed E-state index contributed by atoms with van der Waals surface area (Å²) in [6.45, 7) is 0. The Morgan fingerprint density at radius 1 is 1.09 bits per heavy atom. The Bertz CT molecular complexity index is 833. The van der Waals surface area contributed by atoms with Crippen molar-refractivity contribution >= 4 is 32.4 Å². The summed E-state index contributed by atoms with van der Waals surface area (Å²) >= 11 is 1.38. The van der Waals surface area contributed by atoms with Crippen LogP contribution in [0.1, 0.15) is 0 Å². The number of nitrogens with zero attached hydrogens (tertiary/aromatic N) is 1. The van der Waals surface area contributed by atoms with Crippen molar-refractivity contribution in [2.24, 2.45) is 0 Å². The molecule has 0 amide bonds. The first-order chi connectivity index (χ1) is 10.9. The summed E-state index contributed by atoms with van der Waals surface area (Å²) in [4.78, 5) is 4.38. The number of anilines is 2. The quantitative estimate of drug-likeness (QED) is 0.730. The molecule has 1 aromatic heterocycles. The summed E-state index contributed by atoms with van der Waals surface area (Å²) < 4.78 is 46.7. The van der Waals surface area contributed by atoms with Gasteiger partial charge in [-0.1, -0.05) is 17.4 Å². The lowest BCUT2D eigenvalue weighted by Crippen LogP contribution is -2.17. The van der Waals surface area contributed by atoms with Crippen molar-refractivity contribution in [1.29, 1.82) is 0 Å². The number of methoxy groups -OCH3 is 1. The monoisotopic (exact) mass is 340 g/mol. The number of benzene rings is 2. The number of hydrogen-bond donors (Lipinski definition) is 1. The summed E-state index contributed by atoms with van der Waals surface area (Å²) in [5.41, 5.74) is 1.23. The third-order valence-electron chi connectivity index (χ3n) is 2.91. The van der Waals surface area contributed by atoms with Crippen LogP contribution in [0.4, 0.5) is 24.0 Å². The molecule has 0 saturated heterocycles. The highest BCUT2D eigenvalue weighted by atomic mass is 32.1. The molecule has 0 fully saturated rings. The summed E-state index contributed by atoms with van der Waals surface area (Å²) in [6, 6.07) is 11.1. The van der Waals surface area contributed by atoms with Crippen molar-refractivity contribution in [3.05, 3.63) is 42.5 Å². The summed E-state index contributed by atoms with van der Waals surface area (Å²) in [6.07, 6.45) is -4.72. The lowest BCUT2D eigenvalue weighted by Gasteiger charge is -2.10. The van der Waals surface area contributed by atoms with Gasteiger partial charge in [-0.05, 0) is 30.3 Å². The molecule has 3 aromatic rings. The molecule has 4 nitrogen and oxygen atoms in total. The number of rotatable bonds is 4. The Hall–Kier alpha value is -2.48. The second-order valence-electron chi connectivity index (χ2n) is 4.55. The molecule has 0 atom stereocenters. The third kappa shape index (κ3) is 3.84. The van der Waals surface area contributed by atoms with E-state index in [0.29, 0.717) is 16.6 Å². The second-order valence-corrected chi connectivity index (χ2v) is 5.58. The number of nitrogens with one attached hydrogen (secondary N) is 1. The summed E-state index contributed by atoms with van der Waals surface area (Å²) in [5, 5.41) is 3.54. The van der Waals surface area contributed by atoms with Gasteiger partial charge >= 0.3 is 6.36 Å². The van der Waals surface area contributed by atoms with E-state index in [-0.39, 0.29) is 5.75 Å². The van der Waals surface area contributed by atoms with Crippen LogP contribution in [0.2, 0.25) is 0 Å². The molecule has 1 N–H and O–H groups in total. The van der Waals surface area contributed by atoms with Gasteiger partial charge in [-0.15, -0.1) is 13.2 Å². The molecular weight excluding hydrogens is 329 g/mol. The normalized spacial score (nSPS) is 11.5. The van der Waals surface area contributed by atoms with Crippen LogP contribution in [0, 0.1) is 0 Å². The van der Waals surface area contributed by atoms with Gasteiger partial charge in [0.15, 0.2) is 5.13 Å². The molecule has 0 aliphatic heterocycles. The van der Waals surface area contributed by atoms with Gasteiger partial charge in [0.1, 0.15) is 11.5 Å². The van der Waals surface area contributed by atoms with Gasteiger partial charge in [0.2, 0.25) is 0 Å². The Morgan fingerprint density at radius 2 is 1.91 bits per heavy atom. The molecule has 2 aromatic carbocycles. The molecule has 0 aliphatic carbocycles. The molecule has 0 radical (unpaired) electrons. The van der Waals surface area contributed by atoms with Crippen molar-refractivity contribution < 1.29 is 22.6 Å². The number of alkyl halides is 3. The van der Waals surface area contributed by atoms with Crippen LogP contribution in [0.25, 0.3) is 10.2 Å². The van der Waals surface area contributed by atoms with Gasteiger partial charge < -0.3 is 14.8 Å². The van der Waals surface area contributed by atoms with E-state index in [1.54, 1.807) is 19.2 Å². The fraction of sp³-hybridized carbons (Fsp3) is 0.133. The van der Waals surface area contributed by atoms with Crippen LogP contribution in [0.15, 0.2) is 42.5 Å². The maximum atomic E-state index is 12.2. The van der Waals surface area contributed by atoms with Gasteiger partial charge in [0.05, 0.1) is 17.3 Å². The largest absolute Gasteiger partial charge is 0.573 e. The van der Waals surface area contributed by atoms with Crippen LogP contribution < -0.4 is 14.8 Å². The molecular formula is C15H11F3N2O2S. The predicted octanol–water partition coefficient (Wildman–Crippen LogP) is 4.95. The third-order valence-corrected chi connectivity index (χ3v) is 3.85. The average molecular weight is 340 g/mol. The zero-order valence-electron chi connectivity index (χ0n) is 11.8. The topological polar surface area (TPSA) is 43.4 Å². The first-order valence-electron chi connectivity index (χ1n) is 6.50. The smallest absolute Gasteiger partial charge is 0.497 e. The second kappa shape index (κ2) is 5.96. The maximum absolute atomic E-state index is 12.2. The van der Waals surface area contributed by atoms with Crippen molar-refractivity contribution in [2.45, 2.75) is 6.36 Å². The molecule has 8 heteroatoms. The van der Waals surface area contributed by atoms with Gasteiger partial charge in [0, 0.05) is 11.8 Å². The lowest BCUT2D eigenvalue weighted by atomic mass is 10.3. The highest BCUT2D eigenvalue weighted by Gasteiger charge is 2.31. The van der Waals surface area contributed by atoms with Crippen molar-refractivity contribution in [3.8, 4) is 11.5 Å². The average Bonchev–Trinajstić information content (AvgIpc) is 2.86. The fourth-order valence-corrected chi connectivity index (χ4v) is 2.89. The number of halogens is 3. The number of aromatic nitrogens is 1. The number of fused-ring (bicyclic) bond motifs is 1. The van der Waals surface area contributed by atoms with E-state index in [0.717, 1.165) is 10.2 Å². The molecule has 120 valence electrons. The zero-order valence-corrected chi connectivity index (χ0v) is 12.7. The van der Waals surface area contributed by atoms with Crippen LogP contribution in [0.3, 0.4) is 0 Å². The first kappa shape index (κ1) is 15.4. The van der Waals surface area contributed by atoms with E-state index in [9.17, 15) is 13.2 Å². The van der Waals surface area contributed by atoms with Crippen molar-refractivity contribution in [3.63, 3.8) is 0 Å². The Morgan fingerprint density at radius 3 is 2.65 bits per heavy atom. The molecule has 0 unspecified atom stereocenters. The standard InChI is InChI=1S/C15H11F3N2O2S/c1-21-10-5-6-12-13(8-10)23-14(20-12)19-9-3-2-4-11(7-9)22-15(16,17)18/h2-8H,1H3,(H,19,20). The van der Waals surface area contributed by atoms with Gasteiger partial charge in [0.25, 0.3) is 0 Å². The van der Waals surface area contributed by atoms with E-state index in [2.05, 4.69) is 15.0 Å². The van der Waals surface area contributed by atoms with Crippen molar-refractivity contribution in [2.75, 3.05) is 12.4 Å². The fourth-order valence-electron chi connectivity index (χ4n) is 1.98. The van der Waals surface area contributed by atoms with Crippen LogP contribution in [-0.4, -0.2) is 18.5 Å². The summed E-state index contributed by atoms with van der Waals surface area (Å²) in [5.74, 6) is 0.429. The summed E-state index contributed by atoms with van der Waals surface area (Å²) in [7, 11) is 1.58. The minimum atomic E-state index is -4.72. The van der Waals surface area contributed by atoms with Gasteiger partial charge in [-0.3, -0.25) is 0 Å². The number of thiazole rings is 1. The minimum absolute atomic E-state index is 0.287. The minimum Gasteiger partial charge on any atom is -0.497 e. The molecule has 1 heterocycles. The highest BCUT2D eigenvalue weighted by Crippen LogP contribution is 2.32.